The summed E-state index contributed by atoms with van der Waals surface area (Å²) in [6.45, 7) is 7.55. The zero-order valence-electron chi connectivity index (χ0n) is 19.7. The van der Waals surface area contributed by atoms with Crippen molar-refractivity contribution in [1.82, 2.24) is 19.7 Å². The van der Waals surface area contributed by atoms with Crippen LogP contribution < -0.4 is 10.9 Å². The van der Waals surface area contributed by atoms with Gasteiger partial charge < -0.3 is 9.84 Å². The molecular formula is C26H23N5O3S. The molecule has 0 unspecified atom stereocenters. The Labute approximate surface area is 205 Å². The molecule has 0 fully saturated rings. The maximum absolute atomic E-state index is 13.3. The van der Waals surface area contributed by atoms with Gasteiger partial charge in [0.05, 0.1) is 16.6 Å². The van der Waals surface area contributed by atoms with Gasteiger partial charge in [0.15, 0.2) is 0 Å². The second-order valence-corrected chi connectivity index (χ2v) is 9.52. The van der Waals surface area contributed by atoms with Gasteiger partial charge in [-0.15, -0.1) is 11.3 Å². The minimum absolute atomic E-state index is 0.141. The Morgan fingerprint density at radius 1 is 1.09 bits per heavy atom. The third kappa shape index (κ3) is 4.26. The van der Waals surface area contributed by atoms with Gasteiger partial charge >= 0.3 is 0 Å². The van der Waals surface area contributed by atoms with Gasteiger partial charge in [-0.3, -0.25) is 14.2 Å². The summed E-state index contributed by atoms with van der Waals surface area (Å²) in [5.41, 5.74) is 5.04. The number of nitrogens with zero attached hydrogens (tertiary/aromatic N) is 4. The van der Waals surface area contributed by atoms with Gasteiger partial charge in [0.1, 0.15) is 11.4 Å². The Morgan fingerprint density at radius 2 is 1.83 bits per heavy atom. The number of rotatable bonds is 5. The molecule has 0 aliphatic heterocycles. The highest BCUT2D eigenvalue weighted by Gasteiger charge is 2.21. The summed E-state index contributed by atoms with van der Waals surface area (Å²) in [4.78, 5) is 36.2. The molecule has 9 heteroatoms. The van der Waals surface area contributed by atoms with Crippen molar-refractivity contribution in [2.24, 2.45) is 0 Å². The van der Waals surface area contributed by atoms with E-state index in [0.717, 1.165) is 27.9 Å². The molecule has 3 aromatic heterocycles. The van der Waals surface area contributed by atoms with Crippen molar-refractivity contribution in [1.29, 1.82) is 0 Å². The fraction of sp³-hybridized carbons (Fsp3) is 0.192. The quantitative estimate of drug-likeness (QED) is 0.374. The lowest BCUT2D eigenvalue weighted by atomic mass is 10.1. The second-order valence-electron chi connectivity index (χ2n) is 8.52. The molecule has 5 aromatic rings. The first-order valence-corrected chi connectivity index (χ1v) is 11.9. The molecular weight excluding hydrogens is 462 g/mol. The number of carbonyl (C=O) groups excluding carboxylic acids is 1. The van der Waals surface area contributed by atoms with Crippen LogP contribution in [0.15, 0.2) is 58.1 Å². The minimum Gasteiger partial charge on any atom is -0.333 e. The highest BCUT2D eigenvalue weighted by molar-refractivity contribution is 7.22. The van der Waals surface area contributed by atoms with Crippen LogP contribution in [0.5, 0.6) is 0 Å². The van der Waals surface area contributed by atoms with Crippen LogP contribution >= 0.6 is 11.3 Å². The van der Waals surface area contributed by atoms with Crippen LogP contribution in [0.1, 0.15) is 22.3 Å². The lowest BCUT2D eigenvalue weighted by molar-refractivity contribution is -0.116. The highest BCUT2D eigenvalue weighted by atomic mass is 32.1. The minimum atomic E-state index is -0.293. The van der Waals surface area contributed by atoms with E-state index in [1.807, 2.05) is 70.2 Å². The molecule has 0 spiro atoms. The summed E-state index contributed by atoms with van der Waals surface area (Å²) in [6.07, 6.45) is 1.40. The highest BCUT2D eigenvalue weighted by Crippen LogP contribution is 2.35. The number of hydrogen-bond acceptors (Lipinski definition) is 7. The van der Waals surface area contributed by atoms with E-state index in [4.69, 9.17) is 4.52 Å². The summed E-state index contributed by atoms with van der Waals surface area (Å²) < 4.78 is 6.85. The van der Waals surface area contributed by atoms with Crippen LogP contribution in [-0.4, -0.2) is 25.6 Å². The molecule has 5 rings (SSSR count). The molecule has 0 aliphatic rings. The Balaban J connectivity index is 1.45. The number of benzene rings is 2. The molecule has 0 saturated carbocycles. The third-order valence-electron chi connectivity index (χ3n) is 5.87. The molecule has 2 aromatic carbocycles. The van der Waals surface area contributed by atoms with Crippen molar-refractivity contribution >= 4 is 33.1 Å². The Morgan fingerprint density at radius 3 is 2.57 bits per heavy atom. The number of aryl methyl sites for hydroxylation is 4. The van der Waals surface area contributed by atoms with E-state index in [9.17, 15) is 9.59 Å². The standard InChI is InChI=1S/C26H23N5O3S/c1-14-7-5-10-18(11-14)23-29-24(34-30-23)22-17(4)20-25(35-22)27-13-31(26(20)33)12-19(32)28-21-15(2)8-6-9-16(21)3/h5-11,13H,12H2,1-4H3,(H,28,32). The summed E-state index contributed by atoms with van der Waals surface area (Å²) in [5, 5.41) is 7.47. The molecule has 0 bridgehead atoms. The molecule has 8 nitrogen and oxygen atoms in total. The molecule has 1 N–H and O–H groups in total. The fourth-order valence-electron chi connectivity index (χ4n) is 4.04. The van der Waals surface area contributed by atoms with Crippen LogP contribution in [0, 0.1) is 27.7 Å². The lowest BCUT2D eigenvalue weighted by Crippen LogP contribution is -2.28. The van der Waals surface area contributed by atoms with E-state index < -0.39 is 0 Å². The van der Waals surface area contributed by atoms with E-state index in [2.05, 4.69) is 20.4 Å². The normalized spacial score (nSPS) is 11.2. The van der Waals surface area contributed by atoms with E-state index in [-0.39, 0.29) is 18.0 Å². The number of anilines is 1. The Bertz CT molecular complexity index is 1630. The Kier molecular flexibility index (Phi) is 5.78. The number of thiophene rings is 1. The number of para-hydroxylation sites is 1. The smallest absolute Gasteiger partial charge is 0.268 e. The number of fused-ring (bicyclic) bond motifs is 1. The van der Waals surface area contributed by atoms with Gasteiger partial charge in [-0.05, 0) is 50.5 Å². The number of carbonyl (C=O) groups is 1. The SMILES string of the molecule is Cc1cccc(-c2noc(-c3sc4ncn(CC(=O)Nc5c(C)cccc5C)c(=O)c4c3C)n2)c1. The van der Waals surface area contributed by atoms with Gasteiger partial charge in [0.25, 0.3) is 11.4 Å². The molecule has 0 aliphatic carbocycles. The molecule has 1 amide bonds. The summed E-state index contributed by atoms with van der Waals surface area (Å²) >= 11 is 1.32. The maximum atomic E-state index is 13.3. The van der Waals surface area contributed by atoms with Gasteiger partial charge in [-0.25, -0.2) is 4.98 Å². The van der Waals surface area contributed by atoms with Crippen LogP contribution in [-0.2, 0) is 11.3 Å². The van der Waals surface area contributed by atoms with Gasteiger partial charge in [0.2, 0.25) is 11.7 Å². The van der Waals surface area contributed by atoms with E-state index in [1.165, 1.54) is 22.2 Å². The van der Waals surface area contributed by atoms with Crippen molar-refractivity contribution in [3.8, 4) is 22.2 Å². The zero-order valence-corrected chi connectivity index (χ0v) is 20.6. The lowest BCUT2D eigenvalue weighted by Gasteiger charge is -2.12. The monoisotopic (exact) mass is 485 g/mol. The van der Waals surface area contributed by atoms with Crippen LogP contribution in [0.25, 0.3) is 32.4 Å². The van der Waals surface area contributed by atoms with Crippen molar-refractivity contribution in [3.05, 3.63) is 81.4 Å². The average molecular weight is 486 g/mol. The van der Waals surface area contributed by atoms with E-state index in [0.29, 0.717) is 32.4 Å². The molecule has 176 valence electrons. The number of amides is 1. The molecule has 35 heavy (non-hydrogen) atoms. The predicted molar refractivity (Wildman–Crippen MR) is 137 cm³/mol. The largest absolute Gasteiger partial charge is 0.333 e. The van der Waals surface area contributed by atoms with Crippen LogP contribution in [0.4, 0.5) is 5.69 Å². The first-order chi connectivity index (χ1) is 16.8. The van der Waals surface area contributed by atoms with E-state index in [1.54, 1.807) is 0 Å². The van der Waals surface area contributed by atoms with Crippen molar-refractivity contribution < 1.29 is 9.32 Å². The summed E-state index contributed by atoms with van der Waals surface area (Å²) in [5.74, 6) is 0.522. The molecule has 0 atom stereocenters. The van der Waals surface area contributed by atoms with Crippen LogP contribution in [0.3, 0.4) is 0 Å². The second kappa shape index (κ2) is 8.92. The van der Waals surface area contributed by atoms with Gasteiger partial charge in [0, 0.05) is 11.3 Å². The average Bonchev–Trinajstić information content (AvgIpc) is 3.43. The van der Waals surface area contributed by atoms with Gasteiger partial charge in [-0.2, -0.15) is 4.98 Å². The number of aromatic nitrogens is 4. The zero-order chi connectivity index (χ0) is 24.7. The Hall–Kier alpha value is -4.11. The van der Waals surface area contributed by atoms with Crippen molar-refractivity contribution in [2.75, 3.05) is 5.32 Å². The summed E-state index contributed by atoms with van der Waals surface area (Å²) in [7, 11) is 0. The fourth-order valence-corrected chi connectivity index (χ4v) is 5.10. The molecule has 3 heterocycles. The molecule has 0 radical (unpaired) electrons. The van der Waals surface area contributed by atoms with Gasteiger partial charge in [-0.1, -0.05) is 47.1 Å². The topological polar surface area (TPSA) is 103 Å². The first-order valence-electron chi connectivity index (χ1n) is 11.1. The van der Waals surface area contributed by atoms with E-state index >= 15 is 0 Å². The third-order valence-corrected chi connectivity index (χ3v) is 7.06. The van der Waals surface area contributed by atoms with Crippen molar-refractivity contribution in [3.63, 3.8) is 0 Å². The summed E-state index contributed by atoms with van der Waals surface area (Å²) in [6, 6.07) is 13.6. The number of hydrogen-bond donors (Lipinski definition) is 1. The van der Waals surface area contributed by atoms with Crippen LogP contribution in [0.2, 0.25) is 0 Å². The maximum Gasteiger partial charge on any atom is 0.268 e. The first kappa shape index (κ1) is 22.7. The number of nitrogens with one attached hydrogen (secondary N) is 1. The predicted octanol–water partition coefficient (Wildman–Crippen LogP) is 5.05. The molecule has 0 saturated heterocycles. The van der Waals surface area contributed by atoms with Crippen molar-refractivity contribution in [2.45, 2.75) is 34.2 Å².